The van der Waals surface area contributed by atoms with E-state index in [0.717, 1.165) is 19.3 Å². The van der Waals surface area contributed by atoms with E-state index in [4.69, 9.17) is 10.5 Å². The molecule has 6 nitrogen and oxygen atoms in total. The number of nitrogens with one attached hydrogen (secondary N) is 1. The molecule has 2 atom stereocenters. The van der Waals surface area contributed by atoms with Crippen molar-refractivity contribution in [2.75, 3.05) is 26.3 Å². The van der Waals surface area contributed by atoms with Crippen molar-refractivity contribution in [1.82, 2.24) is 9.03 Å². The van der Waals surface area contributed by atoms with E-state index in [-0.39, 0.29) is 24.5 Å². The molecule has 0 unspecified atom stereocenters. The van der Waals surface area contributed by atoms with Crippen molar-refractivity contribution in [3.63, 3.8) is 0 Å². The lowest BCUT2D eigenvalue weighted by Crippen LogP contribution is -2.49. The molecule has 0 bridgehead atoms. The number of morpholine rings is 1. The predicted molar refractivity (Wildman–Crippen MR) is 67.3 cm³/mol. The van der Waals surface area contributed by atoms with Gasteiger partial charge in [0.1, 0.15) is 0 Å². The number of ether oxygens (including phenoxy) is 1. The third-order valence-electron chi connectivity index (χ3n) is 3.10. The monoisotopic (exact) mass is 285 g/mol. The van der Waals surface area contributed by atoms with E-state index in [1.807, 2.05) is 0 Å². The van der Waals surface area contributed by atoms with E-state index in [9.17, 15) is 8.42 Å². The summed E-state index contributed by atoms with van der Waals surface area (Å²) >= 11 is 0. The van der Waals surface area contributed by atoms with E-state index in [1.54, 1.807) is 0 Å². The number of nitrogens with zero attached hydrogens (tertiary/aromatic N) is 1. The highest BCUT2D eigenvalue weighted by Crippen LogP contribution is 2.18. The van der Waals surface area contributed by atoms with Crippen molar-refractivity contribution < 1.29 is 13.2 Å². The molecule has 3 N–H and O–H groups in total. The van der Waals surface area contributed by atoms with Crippen molar-refractivity contribution in [2.24, 2.45) is 5.73 Å². The Labute approximate surface area is 108 Å². The maximum atomic E-state index is 12.0. The molecule has 1 saturated carbocycles. The first kappa shape index (κ1) is 15.1. The van der Waals surface area contributed by atoms with Crippen LogP contribution >= 0.6 is 12.4 Å². The van der Waals surface area contributed by atoms with Gasteiger partial charge >= 0.3 is 0 Å². The first-order chi connectivity index (χ1) is 7.58. The van der Waals surface area contributed by atoms with Gasteiger partial charge in [-0.1, -0.05) is 0 Å². The van der Waals surface area contributed by atoms with Crippen LogP contribution in [0.4, 0.5) is 0 Å². The summed E-state index contributed by atoms with van der Waals surface area (Å²) in [6, 6.07) is 0.139. The lowest BCUT2D eigenvalue weighted by atomic mass is 10.2. The van der Waals surface area contributed by atoms with E-state index < -0.39 is 10.2 Å². The van der Waals surface area contributed by atoms with Crippen LogP contribution in [-0.4, -0.2) is 51.1 Å². The van der Waals surface area contributed by atoms with Crippen LogP contribution in [0.3, 0.4) is 0 Å². The van der Waals surface area contributed by atoms with Crippen LogP contribution in [0.5, 0.6) is 0 Å². The van der Waals surface area contributed by atoms with Gasteiger partial charge in [0.15, 0.2) is 0 Å². The van der Waals surface area contributed by atoms with Crippen molar-refractivity contribution in [1.29, 1.82) is 0 Å². The highest BCUT2D eigenvalue weighted by molar-refractivity contribution is 7.87. The summed E-state index contributed by atoms with van der Waals surface area (Å²) < 4.78 is 33.2. The summed E-state index contributed by atoms with van der Waals surface area (Å²) in [5.74, 6) is 0. The van der Waals surface area contributed by atoms with Crippen molar-refractivity contribution in [2.45, 2.75) is 31.3 Å². The molecular weight excluding hydrogens is 266 g/mol. The average molecular weight is 286 g/mol. The van der Waals surface area contributed by atoms with Gasteiger partial charge in [0.25, 0.3) is 10.2 Å². The molecule has 0 aromatic rings. The van der Waals surface area contributed by atoms with E-state index in [1.165, 1.54) is 4.31 Å². The zero-order chi connectivity index (χ0) is 11.6. The summed E-state index contributed by atoms with van der Waals surface area (Å²) in [6.07, 6.45) is 2.48. The second kappa shape index (κ2) is 6.31. The summed E-state index contributed by atoms with van der Waals surface area (Å²) in [5, 5.41) is 0. The van der Waals surface area contributed by atoms with Gasteiger partial charge in [-0.05, 0) is 19.3 Å². The standard InChI is InChI=1S/C9H19N3O3S.ClH/c10-8-1-2-9(7-8)11-16(13,14)12-3-5-15-6-4-12;/h8-9,11H,1-7,10H2;1H/t8-,9-;/m1./s1. The zero-order valence-corrected chi connectivity index (χ0v) is 11.3. The molecular formula is C9H20ClN3O3S. The number of rotatable bonds is 3. The molecule has 0 aromatic heterocycles. The third-order valence-corrected chi connectivity index (χ3v) is 4.77. The first-order valence-electron chi connectivity index (χ1n) is 5.68. The molecule has 2 fully saturated rings. The molecule has 0 spiro atoms. The molecule has 8 heteroatoms. The number of halogens is 1. The van der Waals surface area contributed by atoms with Gasteiger partial charge in [0.05, 0.1) is 13.2 Å². The van der Waals surface area contributed by atoms with Crippen molar-refractivity contribution in [3.05, 3.63) is 0 Å². The number of hydrogen-bond acceptors (Lipinski definition) is 4. The molecule has 102 valence electrons. The highest BCUT2D eigenvalue weighted by atomic mass is 35.5. The quantitative estimate of drug-likeness (QED) is 0.729. The van der Waals surface area contributed by atoms with Crippen molar-refractivity contribution >= 4 is 22.6 Å². The lowest BCUT2D eigenvalue weighted by Gasteiger charge is -2.27. The third kappa shape index (κ3) is 4.04. The molecule has 1 aliphatic heterocycles. The Morgan fingerprint density at radius 3 is 2.41 bits per heavy atom. The Kier molecular flexibility index (Phi) is 5.62. The molecule has 2 aliphatic rings. The Balaban J connectivity index is 0.00000144. The van der Waals surface area contributed by atoms with Crippen LogP contribution in [0.2, 0.25) is 0 Å². The fourth-order valence-electron chi connectivity index (χ4n) is 2.20. The van der Waals surface area contributed by atoms with E-state index >= 15 is 0 Å². The number of hydrogen-bond donors (Lipinski definition) is 2. The summed E-state index contributed by atoms with van der Waals surface area (Å²) in [7, 11) is -3.34. The smallest absolute Gasteiger partial charge is 0.279 e. The summed E-state index contributed by atoms with van der Waals surface area (Å²) in [4.78, 5) is 0. The molecule has 0 amide bonds. The molecule has 1 heterocycles. The number of nitrogens with two attached hydrogens (primary N) is 1. The molecule has 1 saturated heterocycles. The Hall–Kier alpha value is 0.0800. The topological polar surface area (TPSA) is 84.7 Å². The molecule has 0 radical (unpaired) electrons. The zero-order valence-electron chi connectivity index (χ0n) is 9.67. The predicted octanol–water partition coefficient (Wildman–Crippen LogP) is -0.545. The molecule has 17 heavy (non-hydrogen) atoms. The average Bonchev–Trinajstić information content (AvgIpc) is 2.64. The minimum Gasteiger partial charge on any atom is -0.379 e. The van der Waals surface area contributed by atoms with E-state index in [0.29, 0.717) is 26.3 Å². The van der Waals surface area contributed by atoms with Crippen LogP contribution in [-0.2, 0) is 14.9 Å². The maximum absolute atomic E-state index is 12.0. The first-order valence-corrected chi connectivity index (χ1v) is 7.12. The van der Waals surface area contributed by atoms with Crippen LogP contribution in [0, 0.1) is 0 Å². The summed E-state index contributed by atoms with van der Waals surface area (Å²) in [5.41, 5.74) is 5.75. The second-order valence-electron chi connectivity index (χ2n) is 4.40. The van der Waals surface area contributed by atoms with Gasteiger partial charge < -0.3 is 10.5 Å². The molecule has 1 aliphatic carbocycles. The normalized spacial score (nSPS) is 31.1. The largest absolute Gasteiger partial charge is 0.379 e. The SMILES string of the molecule is Cl.N[C@@H]1CC[C@@H](NS(=O)(=O)N2CCOCC2)C1. The molecule has 0 aromatic carbocycles. The minimum atomic E-state index is -3.34. The Morgan fingerprint density at radius 1 is 1.24 bits per heavy atom. The van der Waals surface area contributed by atoms with E-state index in [2.05, 4.69) is 4.72 Å². The minimum absolute atomic E-state index is 0. The van der Waals surface area contributed by atoms with Gasteiger partial charge in [0.2, 0.25) is 0 Å². The maximum Gasteiger partial charge on any atom is 0.279 e. The fourth-order valence-corrected chi connectivity index (χ4v) is 3.61. The lowest BCUT2D eigenvalue weighted by molar-refractivity contribution is 0.0723. The molecule has 2 rings (SSSR count). The van der Waals surface area contributed by atoms with Crippen LogP contribution in [0.15, 0.2) is 0 Å². The summed E-state index contributed by atoms with van der Waals surface area (Å²) in [6.45, 7) is 1.83. The second-order valence-corrected chi connectivity index (χ2v) is 6.11. The van der Waals surface area contributed by atoms with Gasteiger partial charge in [-0.15, -0.1) is 12.4 Å². The van der Waals surface area contributed by atoms with Crippen LogP contribution < -0.4 is 10.5 Å². The van der Waals surface area contributed by atoms with Gasteiger partial charge in [-0.25, -0.2) is 0 Å². The Morgan fingerprint density at radius 2 is 1.88 bits per heavy atom. The van der Waals surface area contributed by atoms with Crippen LogP contribution in [0.1, 0.15) is 19.3 Å². The highest BCUT2D eigenvalue weighted by Gasteiger charge is 2.30. The van der Waals surface area contributed by atoms with Crippen LogP contribution in [0.25, 0.3) is 0 Å². The fraction of sp³-hybridized carbons (Fsp3) is 1.00. The van der Waals surface area contributed by atoms with Gasteiger partial charge in [-0.2, -0.15) is 17.4 Å². The van der Waals surface area contributed by atoms with Crippen molar-refractivity contribution in [3.8, 4) is 0 Å². The van der Waals surface area contributed by atoms with Gasteiger partial charge in [-0.3, -0.25) is 0 Å². The Bertz CT molecular complexity index is 332. The van der Waals surface area contributed by atoms with Gasteiger partial charge in [0, 0.05) is 25.2 Å².